The van der Waals surface area contributed by atoms with E-state index in [2.05, 4.69) is 4.98 Å². The molecule has 19 heavy (non-hydrogen) atoms. The van der Waals surface area contributed by atoms with Gasteiger partial charge in [-0.2, -0.15) is 0 Å². The number of carbonyl (C=O) groups excluding carboxylic acids is 1. The minimum atomic E-state index is 0.0942. The predicted molar refractivity (Wildman–Crippen MR) is 77.1 cm³/mol. The second kappa shape index (κ2) is 5.97. The Morgan fingerprint density at radius 2 is 2.16 bits per heavy atom. The summed E-state index contributed by atoms with van der Waals surface area (Å²) in [4.78, 5) is 18.0. The maximum absolute atomic E-state index is 11.9. The zero-order chi connectivity index (χ0) is 13.8. The summed E-state index contributed by atoms with van der Waals surface area (Å²) in [6.07, 6.45) is 0. The van der Waals surface area contributed by atoms with Crippen LogP contribution in [-0.2, 0) is 4.79 Å². The third kappa shape index (κ3) is 3.20. The molecule has 0 saturated carbocycles. The molecule has 1 aromatic carbocycles. The molecule has 0 fully saturated rings. The quantitative estimate of drug-likeness (QED) is 0.672. The van der Waals surface area contributed by atoms with Gasteiger partial charge in [0.05, 0.1) is 5.75 Å². The number of hydrogen-bond acceptors (Lipinski definition) is 5. The number of nitrogen functional groups attached to an aromatic ring is 1. The van der Waals surface area contributed by atoms with Gasteiger partial charge in [0.25, 0.3) is 5.22 Å². The smallest absolute Gasteiger partial charge is 0.257 e. The third-order valence-corrected chi connectivity index (χ3v) is 3.64. The van der Waals surface area contributed by atoms with Gasteiger partial charge in [0.15, 0.2) is 5.58 Å². The lowest BCUT2D eigenvalue weighted by atomic mass is 10.3. The van der Waals surface area contributed by atoms with E-state index >= 15 is 0 Å². The van der Waals surface area contributed by atoms with E-state index in [1.807, 2.05) is 19.9 Å². The zero-order valence-corrected chi connectivity index (χ0v) is 11.9. The molecule has 0 bridgehead atoms. The van der Waals surface area contributed by atoms with E-state index in [4.69, 9.17) is 10.2 Å². The van der Waals surface area contributed by atoms with Crippen molar-refractivity contribution in [2.75, 3.05) is 24.6 Å². The second-order valence-corrected chi connectivity index (χ2v) is 4.99. The second-order valence-electron chi connectivity index (χ2n) is 4.06. The summed E-state index contributed by atoms with van der Waals surface area (Å²) in [5.74, 6) is 0.432. The van der Waals surface area contributed by atoms with Crippen LogP contribution >= 0.6 is 11.8 Å². The summed E-state index contributed by atoms with van der Waals surface area (Å²) in [6.45, 7) is 5.38. The molecule has 102 valence electrons. The lowest BCUT2D eigenvalue weighted by Crippen LogP contribution is -2.31. The number of rotatable bonds is 5. The van der Waals surface area contributed by atoms with Crippen LogP contribution in [0.25, 0.3) is 11.1 Å². The van der Waals surface area contributed by atoms with Crippen molar-refractivity contribution in [3.63, 3.8) is 0 Å². The summed E-state index contributed by atoms with van der Waals surface area (Å²) in [7, 11) is 0. The van der Waals surface area contributed by atoms with Gasteiger partial charge in [-0.05, 0) is 26.0 Å². The number of benzene rings is 1. The van der Waals surface area contributed by atoms with Crippen LogP contribution in [0.5, 0.6) is 0 Å². The Hall–Kier alpha value is -1.69. The highest BCUT2D eigenvalue weighted by molar-refractivity contribution is 7.99. The molecule has 0 aliphatic rings. The molecule has 0 atom stereocenters. The SMILES string of the molecule is CCN(CC)C(=O)CSc1nc2ccc(N)cc2o1. The van der Waals surface area contributed by atoms with Crippen molar-refractivity contribution < 1.29 is 9.21 Å². The van der Waals surface area contributed by atoms with Crippen molar-refractivity contribution in [2.45, 2.75) is 19.1 Å². The van der Waals surface area contributed by atoms with Crippen molar-refractivity contribution in [3.8, 4) is 0 Å². The Bertz CT molecular complexity index is 578. The number of thioether (sulfide) groups is 1. The maximum Gasteiger partial charge on any atom is 0.257 e. The Kier molecular flexibility index (Phi) is 4.31. The average Bonchev–Trinajstić information content (AvgIpc) is 2.79. The first-order chi connectivity index (χ1) is 9.13. The van der Waals surface area contributed by atoms with Gasteiger partial charge in [-0.25, -0.2) is 4.98 Å². The number of amides is 1. The summed E-state index contributed by atoms with van der Waals surface area (Å²) >= 11 is 1.31. The van der Waals surface area contributed by atoms with Crippen LogP contribution in [0, 0.1) is 0 Å². The van der Waals surface area contributed by atoms with Crippen molar-refractivity contribution in [3.05, 3.63) is 18.2 Å². The summed E-state index contributed by atoms with van der Waals surface area (Å²) < 4.78 is 5.55. The number of fused-ring (bicyclic) bond motifs is 1. The van der Waals surface area contributed by atoms with Crippen LogP contribution < -0.4 is 5.73 Å². The van der Waals surface area contributed by atoms with E-state index in [0.717, 1.165) is 18.6 Å². The Morgan fingerprint density at radius 3 is 2.84 bits per heavy atom. The van der Waals surface area contributed by atoms with Gasteiger partial charge in [-0.15, -0.1) is 0 Å². The number of aromatic nitrogens is 1. The summed E-state index contributed by atoms with van der Waals surface area (Å²) in [5.41, 5.74) is 7.72. The van der Waals surface area contributed by atoms with Gasteiger partial charge in [0.1, 0.15) is 5.52 Å². The van der Waals surface area contributed by atoms with E-state index in [9.17, 15) is 4.79 Å². The summed E-state index contributed by atoms with van der Waals surface area (Å²) in [6, 6.07) is 5.32. The molecule has 1 amide bonds. The molecule has 6 heteroatoms. The van der Waals surface area contributed by atoms with Crippen molar-refractivity contribution in [1.29, 1.82) is 0 Å². The van der Waals surface area contributed by atoms with Crippen LogP contribution in [0.3, 0.4) is 0 Å². The van der Waals surface area contributed by atoms with E-state index in [1.54, 1.807) is 17.0 Å². The molecule has 2 rings (SSSR count). The van der Waals surface area contributed by atoms with Gasteiger partial charge in [0, 0.05) is 24.8 Å². The predicted octanol–water partition coefficient (Wildman–Crippen LogP) is 2.37. The van der Waals surface area contributed by atoms with E-state index in [-0.39, 0.29) is 5.91 Å². The first-order valence-electron chi connectivity index (χ1n) is 6.20. The van der Waals surface area contributed by atoms with E-state index < -0.39 is 0 Å². The fraction of sp³-hybridized carbons (Fsp3) is 0.385. The minimum Gasteiger partial charge on any atom is -0.431 e. The molecule has 0 radical (unpaired) electrons. The number of nitrogens with zero attached hydrogens (tertiary/aromatic N) is 2. The fourth-order valence-corrected chi connectivity index (χ4v) is 2.51. The number of carbonyl (C=O) groups is 1. The molecule has 0 saturated heterocycles. The molecule has 0 unspecified atom stereocenters. The monoisotopic (exact) mass is 279 g/mol. The molecule has 1 heterocycles. The number of nitrogens with two attached hydrogens (primary N) is 1. The highest BCUT2D eigenvalue weighted by atomic mass is 32.2. The lowest BCUT2D eigenvalue weighted by Gasteiger charge is -2.17. The van der Waals surface area contributed by atoms with Crippen LogP contribution in [0.2, 0.25) is 0 Å². The van der Waals surface area contributed by atoms with Crippen LogP contribution in [0.4, 0.5) is 5.69 Å². The first-order valence-corrected chi connectivity index (χ1v) is 7.19. The maximum atomic E-state index is 11.9. The zero-order valence-electron chi connectivity index (χ0n) is 11.0. The largest absolute Gasteiger partial charge is 0.431 e. The van der Waals surface area contributed by atoms with Gasteiger partial charge in [0.2, 0.25) is 5.91 Å². The molecule has 0 aliphatic heterocycles. The van der Waals surface area contributed by atoms with Gasteiger partial charge in [-0.1, -0.05) is 11.8 Å². The van der Waals surface area contributed by atoms with Crippen molar-refractivity contribution >= 4 is 34.5 Å². The number of oxazole rings is 1. The number of hydrogen-bond donors (Lipinski definition) is 1. The standard InChI is InChI=1S/C13H17N3O2S/c1-3-16(4-2)12(17)8-19-13-15-10-6-5-9(14)7-11(10)18-13/h5-7H,3-4,8,14H2,1-2H3. The molecular weight excluding hydrogens is 262 g/mol. The average molecular weight is 279 g/mol. The Labute approximate surface area is 116 Å². The first kappa shape index (κ1) is 13.7. The molecule has 5 nitrogen and oxygen atoms in total. The Balaban J connectivity index is 2.03. The van der Waals surface area contributed by atoms with Crippen molar-refractivity contribution in [1.82, 2.24) is 9.88 Å². The topological polar surface area (TPSA) is 72.4 Å². The van der Waals surface area contributed by atoms with Gasteiger partial charge < -0.3 is 15.1 Å². The van der Waals surface area contributed by atoms with Gasteiger partial charge >= 0.3 is 0 Å². The van der Waals surface area contributed by atoms with Gasteiger partial charge in [-0.3, -0.25) is 4.79 Å². The molecule has 1 aromatic heterocycles. The number of anilines is 1. The van der Waals surface area contributed by atoms with E-state index in [1.165, 1.54) is 11.8 Å². The minimum absolute atomic E-state index is 0.0942. The molecule has 0 spiro atoms. The highest BCUT2D eigenvalue weighted by Gasteiger charge is 2.13. The lowest BCUT2D eigenvalue weighted by molar-refractivity contribution is -0.127. The normalized spacial score (nSPS) is 10.8. The highest BCUT2D eigenvalue weighted by Crippen LogP contribution is 2.24. The van der Waals surface area contributed by atoms with Crippen LogP contribution in [0.15, 0.2) is 27.8 Å². The Morgan fingerprint density at radius 1 is 1.42 bits per heavy atom. The molecule has 0 aliphatic carbocycles. The molecule has 2 aromatic rings. The fourth-order valence-electron chi connectivity index (χ4n) is 1.77. The van der Waals surface area contributed by atoms with Crippen LogP contribution in [0.1, 0.15) is 13.8 Å². The molecule has 2 N–H and O–H groups in total. The summed E-state index contributed by atoms with van der Waals surface area (Å²) in [5, 5.41) is 0.501. The molecular formula is C13H17N3O2S. The third-order valence-electron chi connectivity index (χ3n) is 2.83. The van der Waals surface area contributed by atoms with E-state index in [0.29, 0.717) is 22.2 Å². The van der Waals surface area contributed by atoms with Crippen LogP contribution in [-0.4, -0.2) is 34.6 Å². The van der Waals surface area contributed by atoms with Crippen molar-refractivity contribution in [2.24, 2.45) is 0 Å².